The van der Waals surface area contributed by atoms with Crippen molar-refractivity contribution in [3.05, 3.63) is 67.8 Å². The summed E-state index contributed by atoms with van der Waals surface area (Å²) >= 11 is 1.79. The molecule has 2 nitrogen and oxygen atoms in total. The fourth-order valence-electron chi connectivity index (χ4n) is 3.49. The summed E-state index contributed by atoms with van der Waals surface area (Å²) in [6.07, 6.45) is -15.0. The molecule has 1 heterocycles. The van der Waals surface area contributed by atoms with Crippen LogP contribution in [-0.2, 0) is 29.7 Å². The molecule has 2 unspecified atom stereocenters. The quantitative estimate of drug-likeness (QED) is 0.315. The number of alkyl halides is 9. The van der Waals surface area contributed by atoms with Gasteiger partial charge in [-0.05, 0) is 83.0 Å². The lowest BCUT2D eigenvalue weighted by Gasteiger charge is -2.17. The minimum Gasteiger partial charge on any atom is -0.349 e. The van der Waals surface area contributed by atoms with Gasteiger partial charge in [-0.25, -0.2) is 0 Å². The molecule has 3 rings (SSSR count). The number of benzene rings is 2. The predicted octanol–water partition coefficient (Wildman–Crippen LogP) is 6.77. The van der Waals surface area contributed by atoms with Crippen molar-refractivity contribution in [1.82, 2.24) is 5.32 Å². The number of rotatable bonds is 3. The Morgan fingerprint density at radius 3 is 1.84 bits per heavy atom. The van der Waals surface area contributed by atoms with Gasteiger partial charge in [0.05, 0.1) is 22.7 Å². The molecule has 0 aromatic heterocycles. The second kappa shape index (κ2) is 8.41. The van der Waals surface area contributed by atoms with Gasteiger partial charge in [-0.3, -0.25) is 4.79 Å². The summed E-state index contributed by atoms with van der Waals surface area (Å²) in [6.45, 7) is 0. The highest BCUT2D eigenvalue weighted by atomic mass is 127. The summed E-state index contributed by atoms with van der Waals surface area (Å²) in [5.74, 6) is -1.57. The molecule has 1 aliphatic heterocycles. The first-order valence-corrected chi connectivity index (χ1v) is 10.1. The molecule has 1 aliphatic rings. The summed E-state index contributed by atoms with van der Waals surface area (Å²) in [7, 11) is 0. The van der Waals surface area contributed by atoms with Gasteiger partial charge in [-0.2, -0.15) is 39.5 Å². The van der Waals surface area contributed by atoms with Crippen molar-refractivity contribution in [2.75, 3.05) is 0 Å². The molecule has 0 saturated carbocycles. The number of carbonyl (C=O) groups excluding carboxylic acids is 1. The van der Waals surface area contributed by atoms with Gasteiger partial charge in [0.1, 0.15) is 0 Å². The largest absolute Gasteiger partial charge is 0.416 e. The lowest BCUT2D eigenvalue weighted by molar-refractivity contribution is -0.143. The van der Waals surface area contributed by atoms with Crippen molar-refractivity contribution >= 4 is 28.5 Å². The van der Waals surface area contributed by atoms with Crippen LogP contribution >= 0.6 is 22.6 Å². The zero-order valence-corrected chi connectivity index (χ0v) is 17.9. The molecule has 12 heteroatoms. The number of amides is 1. The normalized spacial score (nSPS) is 19.9. The molecule has 2 aromatic rings. The topological polar surface area (TPSA) is 29.1 Å². The Bertz CT molecular complexity index is 995. The third-order valence-corrected chi connectivity index (χ3v) is 6.11. The highest BCUT2D eigenvalue weighted by molar-refractivity contribution is 14.1. The van der Waals surface area contributed by atoms with E-state index < -0.39 is 53.1 Å². The average Bonchev–Trinajstić information content (AvgIpc) is 3.01. The summed E-state index contributed by atoms with van der Waals surface area (Å²) in [6, 6.07) is 2.92. The summed E-state index contributed by atoms with van der Waals surface area (Å²) in [4.78, 5) is 12.3. The van der Waals surface area contributed by atoms with Gasteiger partial charge in [-0.15, -0.1) is 0 Å². The smallest absolute Gasteiger partial charge is 0.349 e. The van der Waals surface area contributed by atoms with Crippen molar-refractivity contribution in [3.8, 4) is 0 Å². The van der Waals surface area contributed by atoms with E-state index in [-0.39, 0.29) is 30.0 Å². The van der Waals surface area contributed by atoms with Crippen LogP contribution in [-0.4, -0.2) is 5.91 Å². The maximum absolute atomic E-state index is 13.1. The summed E-state index contributed by atoms with van der Waals surface area (Å²) in [5.41, 5.74) is -4.10. The molecule has 32 heavy (non-hydrogen) atoms. The summed E-state index contributed by atoms with van der Waals surface area (Å²) in [5, 5.41) is 2.36. The Balaban J connectivity index is 1.89. The Labute approximate surface area is 189 Å². The van der Waals surface area contributed by atoms with Crippen LogP contribution < -0.4 is 5.32 Å². The Hall–Kier alpha value is -1.99. The Kier molecular flexibility index (Phi) is 6.48. The third kappa shape index (κ3) is 5.49. The van der Waals surface area contributed by atoms with Gasteiger partial charge >= 0.3 is 18.5 Å². The molecular weight excluding hydrogens is 568 g/mol. The van der Waals surface area contributed by atoms with Crippen molar-refractivity contribution in [2.24, 2.45) is 5.92 Å². The van der Waals surface area contributed by atoms with Gasteiger partial charge < -0.3 is 5.32 Å². The van der Waals surface area contributed by atoms with Crippen LogP contribution in [0.2, 0.25) is 0 Å². The first-order chi connectivity index (χ1) is 14.6. The first-order valence-electron chi connectivity index (χ1n) is 9.01. The second-order valence-electron chi connectivity index (χ2n) is 7.34. The molecule has 1 saturated heterocycles. The van der Waals surface area contributed by atoms with Crippen molar-refractivity contribution < 1.29 is 44.3 Å². The van der Waals surface area contributed by atoms with Crippen LogP contribution in [0.4, 0.5) is 39.5 Å². The van der Waals surface area contributed by atoms with E-state index in [9.17, 15) is 44.3 Å². The minimum absolute atomic E-state index is 0.0112. The van der Waals surface area contributed by atoms with E-state index in [1.807, 2.05) is 0 Å². The van der Waals surface area contributed by atoms with Gasteiger partial charge in [0.2, 0.25) is 5.91 Å². The van der Waals surface area contributed by atoms with Gasteiger partial charge in [0.25, 0.3) is 0 Å². The van der Waals surface area contributed by atoms with Crippen molar-refractivity contribution in [1.29, 1.82) is 0 Å². The number of hydrogen-bond donors (Lipinski definition) is 1. The molecule has 174 valence electrons. The third-order valence-electron chi connectivity index (χ3n) is 5.06. The average molecular weight is 581 g/mol. The zero-order valence-electron chi connectivity index (χ0n) is 15.7. The fourth-order valence-corrected chi connectivity index (χ4v) is 4.04. The summed E-state index contributed by atoms with van der Waals surface area (Å²) < 4.78 is 118. The van der Waals surface area contributed by atoms with Gasteiger partial charge in [-0.1, -0.05) is 0 Å². The Morgan fingerprint density at radius 2 is 1.34 bits per heavy atom. The maximum atomic E-state index is 13.1. The van der Waals surface area contributed by atoms with E-state index in [1.54, 1.807) is 22.6 Å². The fraction of sp³-hybridized carbons (Fsp3) is 0.350. The second-order valence-corrected chi connectivity index (χ2v) is 8.50. The minimum atomic E-state index is -5.04. The molecular formula is C20H13F9INO. The van der Waals surface area contributed by atoms with Crippen LogP contribution in [0.5, 0.6) is 0 Å². The van der Waals surface area contributed by atoms with E-state index in [0.717, 1.165) is 12.1 Å². The maximum Gasteiger partial charge on any atom is 0.416 e. The van der Waals surface area contributed by atoms with Crippen molar-refractivity contribution in [2.45, 2.75) is 37.4 Å². The van der Waals surface area contributed by atoms with Crippen molar-refractivity contribution in [3.63, 3.8) is 0 Å². The van der Waals surface area contributed by atoms with Crippen LogP contribution in [0, 0.1) is 9.49 Å². The van der Waals surface area contributed by atoms with Crippen LogP contribution in [0.1, 0.15) is 40.3 Å². The molecule has 0 spiro atoms. The van der Waals surface area contributed by atoms with E-state index in [0.29, 0.717) is 15.7 Å². The monoisotopic (exact) mass is 581 g/mol. The highest BCUT2D eigenvalue weighted by Crippen LogP contribution is 2.40. The lowest BCUT2D eigenvalue weighted by Crippen LogP contribution is -2.23. The molecule has 1 N–H and O–H groups in total. The van der Waals surface area contributed by atoms with E-state index in [2.05, 4.69) is 5.32 Å². The van der Waals surface area contributed by atoms with Gasteiger partial charge in [0.15, 0.2) is 0 Å². The molecule has 1 amide bonds. The molecule has 0 bridgehead atoms. The standard InChI is InChI=1S/C20H13F9INO/c21-18(22,23)12-1-2-15(30)9(4-12)3-11-7-16(31-17(11)32)10-5-13(19(24,25)26)8-14(6-10)20(27,28)29/h1-2,4-6,8,11,16H,3,7H2,(H,31,32). The SMILES string of the molecule is O=C1NC(c2cc(C(F)(F)F)cc(C(F)(F)F)c2)CC1Cc1cc(C(F)(F)F)ccc1I. The number of halogens is 10. The van der Waals surface area contributed by atoms with E-state index >= 15 is 0 Å². The lowest BCUT2D eigenvalue weighted by atomic mass is 9.92. The number of carbonyl (C=O) groups is 1. The molecule has 2 atom stereocenters. The Morgan fingerprint density at radius 1 is 0.812 bits per heavy atom. The van der Waals surface area contributed by atoms with Gasteiger partial charge in [0, 0.05) is 9.49 Å². The molecule has 1 fully saturated rings. The van der Waals surface area contributed by atoms with Crippen LogP contribution in [0.3, 0.4) is 0 Å². The number of hydrogen-bond acceptors (Lipinski definition) is 1. The first kappa shape index (κ1) is 24.6. The number of nitrogens with one attached hydrogen (secondary N) is 1. The van der Waals surface area contributed by atoms with E-state index in [1.165, 1.54) is 6.07 Å². The zero-order chi connectivity index (χ0) is 24.1. The molecule has 0 radical (unpaired) electrons. The van der Waals surface area contributed by atoms with E-state index in [4.69, 9.17) is 0 Å². The molecule has 2 aromatic carbocycles. The molecule has 0 aliphatic carbocycles. The van der Waals surface area contributed by atoms with Crippen LogP contribution in [0.15, 0.2) is 36.4 Å². The predicted molar refractivity (Wildman–Crippen MR) is 103 cm³/mol. The van der Waals surface area contributed by atoms with Crippen LogP contribution in [0.25, 0.3) is 0 Å². The highest BCUT2D eigenvalue weighted by Gasteiger charge is 2.40.